The van der Waals surface area contributed by atoms with Crippen molar-refractivity contribution in [2.45, 2.75) is 31.7 Å². The van der Waals surface area contributed by atoms with Crippen LogP contribution in [0.1, 0.15) is 36.6 Å². The van der Waals surface area contributed by atoms with Crippen molar-refractivity contribution < 1.29 is 23.9 Å². The fraction of sp³-hybridized carbons (Fsp3) is 0.409. The zero-order chi connectivity index (χ0) is 20.9. The second-order valence-corrected chi connectivity index (χ2v) is 8.33. The van der Waals surface area contributed by atoms with Crippen molar-refractivity contribution in [3.05, 3.63) is 46.7 Å². The van der Waals surface area contributed by atoms with Crippen molar-refractivity contribution in [3.63, 3.8) is 0 Å². The van der Waals surface area contributed by atoms with Gasteiger partial charge < -0.3 is 19.3 Å². The molecule has 2 amide bonds. The Morgan fingerprint density at radius 3 is 2.60 bits per heavy atom. The Bertz CT molecular complexity index is 897. The quantitative estimate of drug-likeness (QED) is 0.633. The minimum atomic E-state index is -0.589. The highest BCUT2D eigenvalue weighted by Gasteiger charge is 2.31. The third kappa shape index (κ3) is 4.64. The summed E-state index contributed by atoms with van der Waals surface area (Å²) < 4.78 is 10.6. The third-order valence-electron chi connectivity index (χ3n) is 5.38. The molecule has 0 aliphatic carbocycles. The van der Waals surface area contributed by atoms with Crippen LogP contribution in [0.3, 0.4) is 0 Å². The summed E-state index contributed by atoms with van der Waals surface area (Å²) in [6, 6.07) is 11.1. The van der Waals surface area contributed by atoms with Crippen LogP contribution in [0.4, 0.5) is 5.69 Å². The van der Waals surface area contributed by atoms with E-state index in [-0.39, 0.29) is 31.1 Å². The second kappa shape index (κ2) is 9.30. The van der Waals surface area contributed by atoms with E-state index in [1.54, 1.807) is 45.4 Å². The number of anilines is 1. The summed E-state index contributed by atoms with van der Waals surface area (Å²) in [6.07, 6.45) is 3.33. The molecule has 2 fully saturated rings. The fourth-order valence-corrected chi connectivity index (χ4v) is 4.77. The van der Waals surface area contributed by atoms with Gasteiger partial charge in [-0.3, -0.25) is 9.59 Å². The van der Waals surface area contributed by atoms with Gasteiger partial charge in [-0.2, -0.15) is 0 Å². The number of esters is 1. The summed E-state index contributed by atoms with van der Waals surface area (Å²) in [5.74, 6) is -0.143. The molecule has 8 heteroatoms. The van der Waals surface area contributed by atoms with Crippen molar-refractivity contribution in [2.24, 2.45) is 0 Å². The van der Waals surface area contributed by atoms with Crippen LogP contribution >= 0.6 is 11.3 Å². The summed E-state index contributed by atoms with van der Waals surface area (Å²) in [7, 11) is 0. The largest absolute Gasteiger partial charge is 0.482 e. The SMILES string of the molecule is O=C(COc1ccc(N2CCCC2=O)cc1)OCC(=O)N1CCCC1c1cccs1. The molecule has 0 radical (unpaired) electrons. The van der Waals surface area contributed by atoms with Gasteiger partial charge in [-0.25, -0.2) is 4.79 Å². The first-order valence-corrected chi connectivity index (χ1v) is 11.0. The molecule has 1 unspecified atom stereocenters. The molecule has 0 N–H and O–H groups in total. The van der Waals surface area contributed by atoms with Gasteiger partial charge in [-0.1, -0.05) is 6.07 Å². The number of carbonyl (C=O) groups is 3. The first-order valence-electron chi connectivity index (χ1n) is 10.1. The maximum absolute atomic E-state index is 12.5. The molecule has 2 aliphatic heterocycles. The van der Waals surface area contributed by atoms with E-state index >= 15 is 0 Å². The molecule has 3 heterocycles. The highest BCUT2D eigenvalue weighted by Crippen LogP contribution is 2.34. The fourth-order valence-electron chi connectivity index (χ4n) is 3.89. The van der Waals surface area contributed by atoms with E-state index in [0.29, 0.717) is 18.7 Å². The Morgan fingerprint density at radius 2 is 1.90 bits per heavy atom. The van der Waals surface area contributed by atoms with Gasteiger partial charge in [-0.15, -0.1) is 11.3 Å². The predicted octanol–water partition coefficient (Wildman–Crippen LogP) is 3.16. The van der Waals surface area contributed by atoms with Gasteiger partial charge in [-0.05, 0) is 55.0 Å². The topological polar surface area (TPSA) is 76.1 Å². The number of carbonyl (C=O) groups excluding carboxylic acids is 3. The molecule has 0 bridgehead atoms. The summed E-state index contributed by atoms with van der Waals surface area (Å²) >= 11 is 1.64. The van der Waals surface area contributed by atoms with Crippen molar-refractivity contribution in [1.82, 2.24) is 4.90 Å². The molecule has 2 saturated heterocycles. The number of hydrogen-bond acceptors (Lipinski definition) is 6. The highest BCUT2D eigenvalue weighted by molar-refractivity contribution is 7.10. The van der Waals surface area contributed by atoms with Crippen LogP contribution in [0, 0.1) is 0 Å². The standard InChI is InChI=1S/C22H24N2O5S/c25-20-6-2-11-23(20)16-7-9-17(10-8-16)28-15-22(27)29-14-21(26)24-12-1-4-18(24)19-5-3-13-30-19/h3,5,7-10,13,18H,1-2,4,6,11-12,14-15H2. The monoisotopic (exact) mass is 428 g/mol. The van der Waals surface area contributed by atoms with Gasteiger partial charge in [0.1, 0.15) is 5.75 Å². The van der Waals surface area contributed by atoms with E-state index < -0.39 is 5.97 Å². The maximum Gasteiger partial charge on any atom is 0.344 e. The Labute approximate surface area is 179 Å². The van der Waals surface area contributed by atoms with E-state index in [2.05, 4.69) is 0 Å². The molecule has 1 aromatic carbocycles. The Morgan fingerprint density at radius 1 is 1.07 bits per heavy atom. The molecular formula is C22H24N2O5S. The van der Waals surface area contributed by atoms with Gasteiger partial charge in [0.2, 0.25) is 5.91 Å². The molecule has 4 rings (SSSR count). The van der Waals surface area contributed by atoms with Gasteiger partial charge in [0.05, 0.1) is 6.04 Å². The van der Waals surface area contributed by atoms with Crippen molar-refractivity contribution in [1.29, 1.82) is 0 Å². The summed E-state index contributed by atoms with van der Waals surface area (Å²) in [5, 5.41) is 2.00. The normalized spacial score (nSPS) is 18.7. The minimum absolute atomic E-state index is 0.0773. The predicted molar refractivity (Wildman–Crippen MR) is 112 cm³/mol. The number of nitrogens with zero attached hydrogens (tertiary/aromatic N) is 2. The number of likely N-dealkylation sites (tertiary alicyclic amines) is 1. The van der Waals surface area contributed by atoms with E-state index in [4.69, 9.17) is 9.47 Å². The van der Waals surface area contributed by atoms with Crippen molar-refractivity contribution in [2.75, 3.05) is 31.2 Å². The number of ether oxygens (including phenoxy) is 2. The number of hydrogen-bond donors (Lipinski definition) is 0. The summed E-state index contributed by atoms with van der Waals surface area (Å²) in [5.41, 5.74) is 0.823. The maximum atomic E-state index is 12.5. The van der Waals surface area contributed by atoms with Gasteiger partial charge in [0.15, 0.2) is 13.2 Å². The Balaban J connectivity index is 1.22. The third-order valence-corrected chi connectivity index (χ3v) is 6.35. The lowest BCUT2D eigenvalue weighted by Crippen LogP contribution is -2.34. The molecule has 1 atom stereocenters. The van der Waals surface area contributed by atoms with E-state index in [9.17, 15) is 14.4 Å². The van der Waals surface area contributed by atoms with Crippen LogP contribution in [-0.2, 0) is 19.1 Å². The van der Waals surface area contributed by atoms with Crippen LogP contribution in [0.2, 0.25) is 0 Å². The van der Waals surface area contributed by atoms with Crippen LogP contribution < -0.4 is 9.64 Å². The Hall–Kier alpha value is -2.87. The highest BCUT2D eigenvalue weighted by atomic mass is 32.1. The van der Waals surface area contributed by atoms with Crippen LogP contribution in [0.5, 0.6) is 5.75 Å². The zero-order valence-corrected chi connectivity index (χ0v) is 17.4. The van der Waals surface area contributed by atoms with Gasteiger partial charge >= 0.3 is 5.97 Å². The van der Waals surface area contributed by atoms with E-state index in [0.717, 1.165) is 36.4 Å². The number of benzene rings is 1. The Kier molecular flexibility index (Phi) is 6.32. The van der Waals surface area contributed by atoms with Crippen molar-refractivity contribution in [3.8, 4) is 5.75 Å². The molecule has 1 aromatic heterocycles. The summed E-state index contributed by atoms with van der Waals surface area (Å²) in [4.78, 5) is 41.0. The first-order chi connectivity index (χ1) is 14.6. The molecule has 2 aromatic rings. The molecule has 30 heavy (non-hydrogen) atoms. The lowest BCUT2D eigenvalue weighted by molar-refractivity contribution is -0.154. The molecule has 0 spiro atoms. The average Bonchev–Trinajstić information content (AvgIpc) is 3.52. The van der Waals surface area contributed by atoms with E-state index in [1.165, 1.54) is 0 Å². The average molecular weight is 429 g/mol. The number of thiophene rings is 1. The van der Waals surface area contributed by atoms with E-state index in [1.807, 2.05) is 17.5 Å². The van der Waals surface area contributed by atoms with Gasteiger partial charge in [0, 0.05) is 30.1 Å². The first kappa shape index (κ1) is 20.4. The zero-order valence-electron chi connectivity index (χ0n) is 16.6. The smallest absolute Gasteiger partial charge is 0.344 e. The lowest BCUT2D eigenvalue weighted by atomic mass is 10.2. The number of amides is 2. The van der Waals surface area contributed by atoms with Crippen LogP contribution in [-0.4, -0.2) is 49.0 Å². The van der Waals surface area contributed by atoms with Gasteiger partial charge in [0.25, 0.3) is 5.91 Å². The molecular weight excluding hydrogens is 404 g/mol. The minimum Gasteiger partial charge on any atom is -0.482 e. The molecule has 2 aliphatic rings. The lowest BCUT2D eigenvalue weighted by Gasteiger charge is -2.23. The second-order valence-electron chi connectivity index (χ2n) is 7.35. The molecule has 7 nitrogen and oxygen atoms in total. The number of rotatable bonds is 7. The molecule has 158 valence electrons. The summed E-state index contributed by atoms with van der Waals surface area (Å²) in [6.45, 7) is 0.856. The van der Waals surface area contributed by atoms with Crippen molar-refractivity contribution >= 4 is 34.8 Å². The van der Waals surface area contributed by atoms with Crippen LogP contribution in [0.25, 0.3) is 0 Å². The molecule has 0 saturated carbocycles. The van der Waals surface area contributed by atoms with Crippen LogP contribution in [0.15, 0.2) is 41.8 Å².